The number of aliphatic carboxylic acids is 1. The quantitative estimate of drug-likeness (QED) is 0.830. The highest BCUT2D eigenvalue weighted by atomic mass is 35.5. The van der Waals surface area contributed by atoms with Gasteiger partial charge in [0.1, 0.15) is 0 Å². The molecule has 2 atom stereocenters. The lowest BCUT2D eigenvalue weighted by Gasteiger charge is -2.29. The van der Waals surface area contributed by atoms with Crippen molar-refractivity contribution in [2.45, 2.75) is 25.4 Å². The third-order valence-corrected chi connectivity index (χ3v) is 5.31. The molecule has 0 aliphatic carbocycles. The molecule has 1 saturated heterocycles. The van der Waals surface area contributed by atoms with E-state index in [4.69, 9.17) is 23.2 Å². The number of hydrogen-bond donors (Lipinski definition) is 1. The number of rotatable bonds is 5. The molecule has 1 fully saturated rings. The van der Waals surface area contributed by atoms with Gasteiger partial charge in [0.15, 0.2) is 0 Å². The minimum absolute atomic E-state index is 0.0730. The Balaban J connectivity index is 2.00. The van der Waals surface area contributed by atoms with Crippen molar-refractivity contribution >= 4 is 35.1 Å². The van der Waals surface area contributed by atoms with E-state index in [1.165, 1.54) is 0 Å². The summed E-state index contributed by atoms with van der Waals surface area (Å²) in [5.41, 5.74) is 1.68. The van der Waals surface area contributed by atoms with E-state index in [0.717, 1.165) is 5.56 Å². The number of carboxylic acid groups (broad SMARTS) is 1. The summed E-state index contributed by atoms with van der Waals surface area (Å²) >= 11 is 12.5. The number of benzene rings is 2. The minimum Gasteiger partial charge on any atom is -0.481 e. The van der Waals surface area contributed by atoms with Crippen molar-refractivity contribution in [1.29, 1.82) is 0 Å². The van der Waals surface area contributed by atoms with E-state index in [1.807, 2.05) is 36.4 Å². The molecule has 0 radical (unpaired) electrons. The molecule has 2 aromatic carbocycles. The van der Waals surface area contributed by atoms with Crippen LogP contribution in [0.3, 0.4) is 0 Å². The molecule has 6 heteroatoms. The zero-order chi connectivity index (χ0) is 18.0. The Hall–Kier alpha value is -2.04. The summed E-state index contributed by atoms with van der Waals surface area (Å²) in [4.78, 5) is 25.6. The van der Waals surface area contributed by atoms with E-state index in [-0.39, 0.29) is 24.7 Å². The summed E-state index contributed by atoms with van der Waals surface area (Å²) in [7, 11) is 0. The van der Waals surface area contributed by atoms with Crippen molar-refractivity contribution in [2.75, 3.05) is 0 Å². The van der Waals surface area contributed by atoms with Gasteiger partial charge in [-0.25, -0.2) is 0 Å². The van der Waals surface area contributed by atoms with Gasteiger partial charge in [-0.15, -0.1) is 0 Å². The predicted molar refractivity (Wildman–Crippen MR) is 96.6 cm³/mol. The number of halogens is 2. The van der Waals surface area contributed by atoms with Crippen molar-refractivity contribution in [3.63, 3.8) is 0 Å². The summed E-state index contributed by atoms with van der Waals surface area (Å²) in [5, 5.41) is 10.0. The van der Waals surface area contributed by atoms with E-state index in [2.05, 4.69) is 0 Å². The molecule has 1 aliphatic heterocycles. The molecule has 25 heavy (non-hydrogen) atoms. The van der Waals surface area contributed by atoms with Crippen LogP contribution in [0.1, 0.15) is 30.0 Å². The van der Waals surface area contributed by atoms with Gasteiger partial charge in [-0.3, -0.25) is 9.59 Å². The lowest BCUT2D eigenvalue weighted by Crippen LogP contribution is -2.29. The first-order valence-electron chi connectivity index (χ1n) is 7.96. The normalized spacial score (nSPS) is 20.1. The fraction of sp³-hybridized carbons (Fsp3) is 0.263. The molecule has 3 rings (SSSR count). The van der Waals surface area contributed by atoms with E-state index in [0.29, 0.717) is 22.2 Å². The van der Waals surface area contributed by atoms with Crippen molar-refractivity contribution in [1.82, 2.24) is 4.90 Å². The standard InChI is InChI=1S/C19H17Cl2NO3/c20-15-8-4-7-14(18(15)21)19-13(10-17(24)25)9-16(23)22(19)11-12-5-2-1-3-6-12/h1-8,13,19H,9-11H2,(H,24,25). The first-order chi connectivity index (χ1) is 12.0. The lowest BCUT2D eigenvalue weighted by molar-refractivity contribution is -0.138. The maximum atomic E-state index is 12.6. The highest BCUT2D eigenvalue weighted by molar-refractivity contribution is 6.42. The fourth-order valence-corrected chi connectivity index (χ4v) is 3.83. The SMILES string of the molecule is O=C(O)CC1CC(=O)N(Cc2ccccc2)C1c1cccc(Cl)c1Cl. The second-order valence-corrected chi connectivity index (χ2v) is 6.94. The van der Waals surface area contributed by atoms with E-state index in [1.54, 1.807) is 17.0 Å². The summed E-state index contributed by atoms with van der Waals surface area (Å²) in [6.45, 7) is 0.406. The van der Waals surface area contributed by atoms with Crippen LogP contribution in [0.15, 0.2) is 48.5 Å². The number of carbonyl (C=O) groups is 2. The monoisotopic (exact) mass is 377 g/mol. The Kier molecular flexibility index (Phi) is 5.30. The van der Waals surface area contributed by atoms with Crippen LogP contribution in [-0.2, 0) is 16.1 Å². The lowest BCUT2D eigenvalue weighted by atomic mass is 9.90. The van der Waals surface area contributed by atoms with Gasteiger partial charge in [0.25, 0.3) is 0 Å². The molecule has 2 aromatic rings. The maximum absolute atomic E-state index is 12.6. The van der Waals surface area contributed by atoms with E-state index in [9.17, 15) is 14.7 Å². The maximum Gasteiger partial charge on any atom is 0.303 e. The molecule has 1 aliphatic rings. The van der Waals surface area contributed by atoms with Crippen LogP contribution in [0.2, 0.25) is 10.0 Å². The van der Waals surface area contributed by atoms with Gasteiger partial charge >= 0.3 is 5.97 Å². The number of nitrogens with zero attached hydrogens (tertiary/aromatic N) is 1. The molecular formula is C19H17Cl2NO3. The average molecular weight is 378 g/mol. The van der Waals surface area contributed by atoms with Gasteiger partial charge < -0.3 is 10.0 Å². The van der Waals surface area contributed by atoms with Crippen molar-refractivity contribution < 1.29 is 14.7 Å². The molecule has 0 bridgehead atoms. The zero-order valence-electron chi connectivity index (χ0n) is 13.4. The Morgan fingerprint density at radius 2 is 1.84 bits per heavy atom. The highest BCUT2D eigenvalue weighted by Crippen LogP contribution is 2.44. The topological polar surface area (TPSA) is 57.6 Å². The Morgan fingerprint density at radius 3 is 2.52 bits per heavy atom. The Labute approximate surface area is 156 Å². The molecule has 2 unspecified atom stereocenters. The van der Waals surface area contributed by atoms with E-state index < -0.39 is 12.0 Å². The summed E-state index contributed by atoms with van der Waals surface area (Å²) in [6.07, 6.45) is 0.0944. The molecule has 0 saturated carbocycles. The number of amides is 1. The van der Waals surface area contributed by atoms with Crippen LogP contribution in [0.5, 0.6) is 0 Å². The molecule has 4 nitrogen and oxygen atoms in total. The summed E-state index contributed by atoms with van der Waals surface area (Å²) in [6, 6.07) is 14.5. The van der Waals surface area contributed by atoms with Gasteiger partial charge in [0.05, 0.1) is 22.5 Å². The first-order valence-corrected chi connectivity index (χ1v) is 8.72. The molecule has 1 heterocycles. The summed E-state index contributed by atoms with van der Waals surface area (Å²) < 4.78 is 0. The second kappa shape index (κ2) is 7.46. The first kappa shape index (κ1) is 17.8. The van der Waals surface area contributed by atoms with Crippen molar-refractivity contribution in [3.8, 4) is 0 Å². The third kappa shape index (κ3) is 3.80. The zero-order valence-corrected chi connectivity index (χ0v) is 14.9. The third-order valence-electron chi connectivity index (χ3n) is 4.47. The molecular weight excluding hydrogens is 361 g/mol. The largest absolute Gasteiger partial charge is 0.481 e. The van der Waals surface area contributed by atoms with Crippen LogP contribution in [0, 0.1) is 5.92 Å². The smallest absolute Gasteiger partial charge is 0.303 e. The van der Waals surface area contributed by atoms with Crippen molar-refractivity contribution in [2.24, 2.45) is 5.92 Å². The van der Waals surface area contributed by atoms with Crippen LogP contribution < -0.4 is 0 Å². The molecule has 1 amide bonds. The van der Waals surface area contributed by atoms with Crippen LogP contribution in [0.25, 0.3) is 0 Å². The Morgan fingerprint density at radius 1 is 1.12 bits per heavy atom. The summed E-state index contributed by atoms with van der Waals surface area (Å²) in [5.74, 6) is -1.34. The second-order valence-electron chi connectivity index (χ2n) is 6.16. The minimum atomic E-state index is -0.928. The molecule has 1 N–H and O–H groups in total. The van der Waals surface area contributed by atoms with Gasteiger partial charge in [-0.2, -0.15) is 0 Å². The van der Waals surface area contributed by atoms with Gasteiger partial charge in [0, 0.05) is 18.9 Å². The van der Waals surface area contributed by atoms with Gasteiger partial charge in [-0.1, -0.05) is 65.7 Å². The molecule has 0 spiro atoms. The number of carbonyl (C=O) groups excluding carboxylic acids is 1. The van der Waals surface area contributed by atoms with Crippen LogP contribution >= 0.6 is 23.2 Å². The number of likely N-dealkylation sites (tertiary alicyclic amines) is 1. The highest BCUT2D eigenvalue weighted by Gasteiger charge is 2.42. The van der Waals surface area contributed by atoms with Gasteiger partial charge in [0.2, 0.25) is 5.91 Å². The van der Waals surface area contributed by atoms with Gasteiger partial charge in [-0.05, 0) is 17.2 Å². The average Bonchev–Trinajstić information content (AvgIpc) is 2.86. The predicted octanol–water partition coefficient (Wildman–Crippen LogP) is 4.56. The molecule has 130 valence electrons. The van der Waals surface area contributed by atoms with Crippen LogP contribution in [0.4, 0.5) is 0 Å². The molecule has 0 aromatic heterocycles. The van der Waals surface area contributed by atoms with Crippen LogP contribution in [-0.4, -0.2) is 21.9 Å². The fourth-order valence-electron chi connectivity index (χ4n) is 3.41. The van der Waals surface area contributed by atoms with Crippen molar-refractivity contribution in [3.05, 3.63) is 69.7 Å². The number of carboxylic acids is 1. The Bertz CT molecular complexity index is 795. The van der Waals surface area contributed by atoms with E-state index >= 15 is 0 Å². The number of hydrogen-bond acceptors (Lipinski definition) is 2.